The van der Waals surface area contributed by atoms with Crippen LogP contribution in [0.5, 0.6) is 0 Å². The molecule has 0 aromatic heterocycles. The van der Waals surface area contributed by atoms with Gasteiger partial charge in [0.15, 0.2) is 5.78 Å². The molecular formula is C20H22FNO. The van der Waals surface area contributed by atoms with Crippen LogP contribution >= 0.6 is 0 Å². The summed E-state index contributed by atoms with van der Waals surface area (Å²) in [5.41, 5.74) is 2.61. The maximum atomic E-state index is 12.9. The highest BCUT2D eigenvalue weighted by molar-refractivity contribution is 6.06. The minimum Gasteiger partial charge on any atom is -0.300 e. The van der Waals surface area contributed by atoms with Crippen LogP contribution in [0.1, 0.15) is 35.3 Å². The smallest absolute Gasteiger partial charge is 0.185 e. The Hall–Kier alpha value is -2.26. The molecule has 2 rings (SSSR count). The second kappa shape index (κ2) is 8.39. The standard InChI is InChI=1S/C20H22FNO/c1-3-22(4-2)15-17-6-5-7-18(14-17)20(23)13-10-16-8-11-19(21)12-9-16/h5-14H,3-4,15H2,1-2H3/b13-10+. The Balaban J connectivity index is 2.08. The summed E-state index contributed by atoms with van der Waals surface area (Å²) >= 11 is 0. The van der Waals surface area contributed by atoms with Crippen molar-refractivity contribution in [2.24, 2.45) is 0 Å². The Kier molecular flexibility index (Phi) is 6.24. The van der Waals surface area contributed by atoms with Crippen molar-refractivity contribution in [2.45, 2.75) is 20.4 Å². The van der Waals surface area contributed by atoms with Gasteiger partial charge in [-0.1, -0.05) is 50.3 Å². The highest BCUT2D eigenvalue weighted by atomic mass is 19.1. The number of benzene rings is 2. The van der Waals surface area contributed by atoms with E-state index >= 15 is 0 Å². The lowest BCUT2D eigenvalue weighted by molar-refractivity contribution is 0.104. The van der Waals surface area contributed by atoms with Crippen molar-refractivity contribution < 1.29 is 9.18 Å². The van der Waals surface area contributed by atoms with E-state index in [2.05, 4.69) is 18.7 Å². The van der Waals surface area contributed by atoms with Gasteiger partial charge >= 0.3 is 0 Å². The van der Waals surface area contributed by atoms with Crippen LogP contribution in [0.2, 0.25) is 0 Å². The molecule has 0 N–H and O–H groups in total. The van der Waals surface area contributed by atoms with Crippen molar-refractivity contribution in [1.82, 2.24) is 4.90 Å². The zero-order valence-corrected chi connectivity index (χ0v) is 13.6. The number of hydrogen-bond acceptors (Lipinski definition) is 2. The average molecular weight is 311 g/mol. The summed E-state index contributed by atoms with van der Waals surface area (Å²) < 4.78 is 12.9. The van der Waals surface area contributed by atoms with Gasteiger partial charge in [0.05, 0.1) is 0 Å². The van der Waals surface area contributed by atoms with Crippen molar-refractivity contribution >= 4 is 11.9 Å². The van der Waals surface area contributed by atoms with Gasteiger partial charge in [-0.3, -0.25) is 9.69 Å². The second-order valence-electron chi connectivity index (χ2n) is 5.41. The fourth-order valence-electron chi connectivity index (χ4n) is 2.37. The first-order valence-electron chi connectivity index (χ1n) is 7.91. The minimum atomic E-state index is -0.280. The Labute approximate surface area is 137 Å². The number of carbonyl (C=O) groups is 1. The van der Waals surface area contributed by atoms with E-state index in [4.69, 9.17) is 0 Å². The molecule has 0 heterocycles. The Bertz CT molecular complexity index is 672. The van der Waals surface area contributed by atoms with Crippen LogP contribution in [-0.2, 0) is 6.54 Å². The average Bonchev–Trinajstić information content (AvgIpc) is 2.59. The quantitative estimate of drug-likeness (QED) is 0.552. The molecule has 0 unspecified atom stereocenters. The molecule has 0 aliphatic heterocycles. The fourth-order valence-corrected chi connectivity index (χ4v) is 2.37. The van der Waals surface area contributed by atoms with Crippen molar-refractivity contribution in [3.8, 4) is 0 Å². The zero-order chi connectivity index (χ0) is 16.7. The first-order chi connectivity index (χ1) is 11.1. The molecule has 0 amide bonds. The topological polar surface area (TPSA) is 20.3 Å². The Morgan fingerprint density at radius 2 is 1.78 bits per heavy atom. The molecule has 0 radical (unpaired) electrons. The van der Waals surface area contributed by atoms with E-state index in [-0.39, 0.29) is 11.6 Å². The van der Waals surface area contributed by atoms with Gasteiger partial charge in [0.2, 0.25) is 0 Å². The third-order valence-corrected chi connectivity index (χ3v) is 3.81. The van der Waals surface area contributed by atoms with Gasteiger partial charge in [-0.25, -0.2) is 4.39 Å². The van der Waals surface area contributed by atoms with Gasteiger partial charge in [0.25, 0.3) is 0 Å². The fraction of sp³-hybridized carbons (Fsp3) is 0.250. The van der Waals surface area contributed by atoms with Crippen LogP contribution in [0.4, 0.5) is 4.39 Å². The van der Waals surface area contributed by atoms with Gasteiger partial charge in [-0.15, -0.1) is 0 Å². The summed E-state index contributed by atoms with van der Waals surface area (Å²) in [5.74, 6) is -0.326. The SMILES string of the molecule is CCN(CC)Cc1cccc(C(=O)/C=C/c2ccc(F)cc2)c1. The van der Waals surface area contributed by atoms with E-state index in [0.29, 0.717) is 5.56 Å². The van der Waals surface area contributed by atoms with Crippen molar-refractivity contribution in [3.05, 3.63) is 77.1 Å². The molecule has 23 heavy (non-hydrogen) atoms. The molecule has 0 aliphatic rings. The number of halogens is 1. The second-order valence-corrected chi connectivity index (χ2v) is 5.41. The number of rotatable bonds is 7. The monoisotopic (exact) mass is 311 g/mol. The van der Waals surface area contributed by atoms with Gasteiger partial charge < -0.3 is 0 Å². The van der Waals surface area contributed by atoms with E-state index in [9.17, 15) is 9.18 Å². The summed E-state index contributed by atoms with van der Waals surface area (Å²) in [6, 6.07) is 13.8. The molecule has 120 valence electrons. The number of hydrogen-bond donors (Lipinski definition) is 0. The van der Waals surface area contributed by atoms with Crippen molar-refractivity contribution in [1.29, 1.82) is 0 Å². The maximum Gasteiger partial charge on any atom is 0.185 e. The molecule has 2 aromatic carbocycles. The predicted octanol–water partition coefficient (Wildman–Crippen LogP) is 4.56. The normalized spacial score (nSPS) is 11.3. The molecule has 0 fully saturated rings. The number of ketones is 1. The van der Waals surface area contributed by atoms with Gasteiger partial charge in [-0.05, 0) is 48.5 Å². The lowest BCUT2D eigenvalue weighted by Crippen LogP contribution is -2.22. The minimum absolute atomic E-state index is 0.0456. The molecular weight excluding hydrogens is 289 g/mol. The van der Waals surface area contributed by atoms with Crippen LogP contribution in [0.15, 0.2) is 54.6 Å². The Morgan fingerprint density at radius 1 is 1.09 bits per heavy atom. The predicted molar refractivity (Wildman–Crippen MR) is 92.8 cm³/mol. The van der Waals surface area contributed by atoms with Crippen LogP contribution < -0.4 is 0 Å². The number of allylic oxidation sites excluding steroid dienone is 1. The van der Waals surface area contributed by atoms with E-state index in [1.165, 1.54) is 18.2 Å². The summed E-state index contributed by atoms with van der Waals surface area (Å²) in [6.45, 7) is 7.07. The molecule has 0 atom stereocenters. The first kappa shape index (κ1) is 17.1. The maximum absolute atomic E-state index is 12.9. The van der Waals surface area contributed by atoms with Crippen LogP contribution in [0.3, 0.4) is 0 Å². The molecule has 2 nitrogen and oxygen atoms in total. The van der Waals surface area contributed by atoms with Crippen molar-refractivity contribution in [2.75, 3.05) is 13.1 Å². The highest BCUT2D eigenvalue weighted by Crippen LogP contribution is 2.11. The van der Waals surface area contributed by atoms with Crippen molar-refractivity contribution in [3.63, 3.8) is 0 Å². The molecule has 0 spiro atoms. The zero-order valence-electron chi connectivity index (χ0n) is 13.6. The lowest BCUT2D eigenvalue weighted by atomic mass is 10.1. The number of nitrogens with zero attached hydrogens (tertiary/aromatic N) is 1. The molecule has 3 heteroatoms. The molecule has 0 bridgehead atoms. The van der Waals surface area contributed by atoms with E-state index < -0.39 is 0 Å². The molecule has 0 saturated heterocycles. The first-order valence-corrected chi connectivity index (χ1v) is 7.91. The van der Waals surface area contributed by atoms with E-state index in [0.717, 1.165) is 30.8 Å². The molecule has 0 saturated carbocycles. The Morgan fingerprint density at radius 3 is 2.43 bits per heavy atom. The summed E-state index contributed by atoms with van der Waals surface area (Å²) in [7, 11) is 0. The lowest BCUT2D eigenvalue weighted by Gasteiger charge is -2.18. The third kappa shape index (κ3) is 5.15. The summed E-state index contributed by atoms with van der Waals surface area (Å²) in [4.78, 5) is 14.6. The van der Waals surface area contributed by atoms with Gasteiger partial charge in [0.1, 0.15) is 5.82 Å². The molecule has 2 aromatic rings. The van der Waals surface area contributed by atoms with E-state index in [1.807, 2.05) is 24.3 Å². The molecule has 0 aliphatic carbocycles. The van der Waals surface area contributed by atoms with Gasteiger partial charge in [-0.2, -0.15) is 0 Å². The third-order valence-electron chi connectivity index (χ3n) is 3.81. The summed E-state index contributed by atoms with van der Waals surface area (Å²) in [6.07, 6.45) is 3.24. The van der Waals surface area contributed by atoms with E-state index in [1.54, 1.807) is 18.2 Å². The highest BCUT2D eigenvalue weighted by Gasteiger charge is 2.05. The van der Waals surface area contributed by atoms with Crippen LogP contribution in [-0.4, -0.2) is 23.8 Å². The van der Waals surface area contributed by atoms with Gasteiger partial charge in [0, 0.05) is 12.1 Å². The summed E-state index contributed by atoms with van der Waals surface area (Å²) in [5, 5.41) is 0. The van der Waals surface area contributed by atoms with Crippen LogP contribution in [0.25, 0.3) is 6.08 Å². The largest absolute Gasteiger partial charge is 0.300 e. The van der Waals surface area contributed by atoms with Crippen LogP contribution in [0, 0.1) is 5.82 Å². The number of carbonyl (C=O) groups excluding carboxylic acids is 1.